The lowest BCUT2D eigenvalue weighted by Crippen LogP contribution is -2.50. The molecule has 1 amide bonds. The number of amides is 1. The molecular formula is C19H24N4O2. The second-order valence-electron chi connectivity index (χ2n) is 7.08. The van der Waals surface area contributed by atoms with Gasteiger partial charge in [-0.1, -0.05) is 12.1 Å². The van der Waals surface area contributed by atoms with Gasteiger partial charge in [0.05, 0.1) is 0 Å². The molecule has 0 atom stereocenters. The fraction of sp³-hybridized carbons (Fsp3) is 0.421. The van der Waals surface area contributed by atoms with Crippen LogP contribution in [0.25, 0.3) is 11.4 Å². The Hall–Kier alpha value is -2.63. The van der Waals surface area contributed by atoms with Crippen LogP contribution in [0.4, 0.5) is 10.5 Å². The summed E-state index contributed by atoms with van der Waals surface area (Å²) in [6.45, 7) is 8.52. The largest absolute Gasteiger partial charge is 0.444 e. The van der Waals surface area contributed by atoms with Crippen molar-refractivity contribution in [3.8, 4) is 11.4 Å². The summed E-state index contributed by atoms with van der Waals surface area (Å²) in [6.07, 6.45) is 3.25. The summed E-state index contributed by atoms with van der Waals surface area (Å²) in [5, 5.41) is 0. The molecule has 0 unspecified atom stereocenters. The number of piperazine rings is 1. The Bertz CT molecular complexity index is 720. The first-order valence-corrected chi connectivity index (χ1v) is 8.53. The molecule has 1 aromatic heterocycles. The first kappa shape index (κ1) is 17.2. The van der Waals surface area contributed by atoms with E-state index in [9.17, 15) is 4.79 Å². The average molecular weight is 340 g/mol. The molecule has 3 rings (SSSR count). The maximum absolute atomic E-state index is 12.2. The van der Waals surface area contributed by atoms with Gasteiger partial charge in [0, 0.05) is 49.8 Å². The van der Waals surface area contributed by atoms with Crippen LogP contribution in [-0.2, 0) is 4.74 Å². The van der Waals surface area contributed by atoms with E-state index < -0.39 is 5.60 Å². The minimum Gasteiger partial charge on any atom is -0.444 e. The Morgan fingerprint density at radius 1 is 1.04 bits per heavy atom. The molecule has 0 aliphatic carbocycles. The number of rotatable bonds is 2. The molecule has 0 N–H and O–H groups in total. The number of benzene rings is 1. The normalized spacial score (nSPS) is 15.2. The van der Waals surface area contributed by atoms with Crippen molar-refractivity contribution in [2.75, 3.05) is 31.1 Å². The molecule has 0 spiro atoms. The smallest absolute Gasteiger partial charge is 0.410 e. The standard InChI is InChI=1S/C19H24N4O2/c1-19(2,3)25-18(24)23-12-10-22(11-13-23)16-7-4-6-15(14-16)17-20-8-5-9-21-17/h4-9,14H,10-13H2,1-3H3. The van der Waals surface area contributed by atoms with Crippen LogP contribution >= 0.6 is 0 Å². The van der Waals surface area contributed by atoms with Gasteiger partial charge >= 0.3 is 6.09 Å². The van der Waals surface area contributed by atoms with Crippen LogP contribution in [0, 0.1) is 0 Å². The Morgan fingerprint density at radius 2 is 1.72 bits per heavy atom. The predicted octanol–water partition coefficient (Wildman–Crippen LogP) is 3.20. The van der Waals surface area contributed by atoms with Crippen LogP contribution in [0.1, 0.15) is 20.8 Å². The van der Waals surface area contributed by atoms with Gasteiger partial charge in [-0.15, -0.1) is 0 Å². The zero-order valence-corrected chi connectivity index (χ0v) is 15.0. The molecule has 1 saturated heterocycles. The van der Waals surface area contributed by atoms with E-state index in [0.717, 1.165) is 30.2 Å². The third kappa shape index (κ3) is 4.47. The van der Waals surface area contributed by atoms with E-state index in [0.29, 0.717) is 13.1 Å². The van der Waals surface area contributed by atoms with Gasteiger partial charge in [-0.05, 0) is 39.0 Å². The van der Waals surface area contributed by atoms with Crippen LogP contribution in [0.3, 0.4) is 0 Å². The number of carbonyl (C=O) groups is 1. The first-order valence-electron chi connectivity index (χ1n) is 8.53. The minimum absolute atomic E-state index is 0.237. The van der Waals surface area contributed by atoms with E-state index in [1.54, 1.807) is 17.3 Å². The molecule has 1 aromatic carbocycles. The van der Waals surface area contributed by atoms with Gasteiger partial charge in [-0.25, -0.2) is 14.8 Å². The Morgan fingerprint density at radius 3 is 2.36 bits per heavy atom. The van der Waals surface area contributed by atoms with Crippen LogP contribution in [0.5, 0.6) is 0 Å². The van der Waals surface area contributed by atoms with E-state index in [1.807, 2.05) is 39.0 Å². The second kappa shape index (κ2) is 7.09. The highest BCUT2D eigenvalue weighted by Crippen LogP contribution is 2.23. The molecule has 2 heterocycles. The van der Waals surface area contributed by atoms with Crippen molar-refractivity contribution in [2.24, 2.45) is 0 Å². The number of ether oxygens (including phenoxy) is 1. The number of hydrogen-bond donors (Lipinski definition) is 0. The van der Waals surface area contributed by atoms with Gasteiger partial charge in [0.15, 0.2) is 5.82 Å². The maximum Gasteiger partial charge on any atom is 0.410 e. The third-order valence-corrected chi connectivity index (χ3v) is 3.97. The molecule has 6 nitrogen and oxygen atoms in total. The van der Waals surface area contributed by atoms with Crippen molar-refractivity contribution in [1.29, 1.82) is 0 Å². The molecular weight excluding hydrogens is 316 g/mol. The number of carbonyl (C=O) groups excluding carboxylic acids is 1. The molecule has 25 heavy (non-hydrogen) atoms. The van der Waals surface area contributed by atoms with Crippen LogP contribution < -0.4 is 4.90 Å². The fourth-order valence-electron chi connectivity index (χ4n) is 2.76. The summed E-state index contributed by atoms with van der Waals surface area (Å²) >= 11 is 0. The van der Waals surface area contributed by atoms with Gasteiger partial charge in [-0.3, -0.25) is 0 Å². The van der Waals surface area contributed by atoms with E-state index in [2.05, 4.69) is 27.0 Å². The maximum atomic E-state index is 12.2. The third-order valence-electron chi connectivity index (χ3n) is 3.97. The number of hydrogen-bond acceptors (Lipinski definition) is 5. The lowest BCUT2D eigenvalue weighted by atomic mass is 10.1. The molecule has 0 saturated carbocycles. The first-order chi connectivity index (χ1) is 11.9. The van der Waals surface area contributed by atoms with E-state index in [1.165, 1.54) is 0 Å². The van der Waals surface area contributed by atoms with E-state index in [4.69, 9.17) is 4.74 Å². The van der Waals surface area contributed by atoms with Crippen LogP contribution in [-0.4, -0.2) is 52.7 Å². The Labute approximate surface area is 148 Å². The zero-order chi connectivity index (χ0) is 17.9. The molecule has 1 aliphatic heterocycles. The van der Waals surface area contributed by atoms with Crippen molar-refractivity contribution in [2.45, 2.75) is 26.4 Å². The molecule has 2 aromatic rings. The minimum atomic E-state index is -0.460. The number of nitrogens with zero attached hydrogens (tertiary/aromatic N) is 4. The van der Waals surface area contributed by atoms with Gasteiger partial charge in [0.2, 0.25) is 0 Å². The SMILES string of the molecule is CC(C)(C)OC(=O)N1CCN(c2cccc(-c3ncccn3)c2)CC1. The predicted molar refractivity (Wildman–Crippen MR) is 97.5 cm³/mol. The van der Waals surface area contributed by atoms with Crippen molar-refractivity contribution < 1.29 is 9.53 Å². The lowest BCUT2D eigenvalue weighted by molar-refractivity contribution is 0.0240. The fourth-order valence-corrected chi connectivity index (χ4v) is 2.76. The second-order valence-corrected chi connectivity index (χ2v) is 7.08. The summed E-state index contributed by atoms with van der Waals surface area (Å²) < 4.78 is 5.45. The molecule has 0 radical (unpaired) electrons. The summed E-state index contributed by atoms with van der Waals surface area (Å²) in [6, 6.07) is 10.0. The van der Waals surface area contributed by atoms with Gasteiger partial charge in [0.1, 0.15) is 5.60 Å². The number of anilines is 1. The van der Waals surface area contributed by atoms with Gasteiger partial charge in [-0.2, -0.15) is 0 Å². The topological polar surface area (TPSA) is 58.6 Å². The Balaban J connectivity index is 1.65. The monoisotopic (exact) mass is 340 g/mol. The average Bonchev–Trinajstić information content (AvgIpc) is 2.61. The van der Waals surface area contributed by atoms with Crippen molar-refractivity contribution >= 4 is 11.8 Å². The highest BCUT2D eigenvalue weighted by molar-refractivity contribution is 5.69. The number of aromatic nitrogens is 2. The van der Waals surface area contributed by atoms with E-state index in [-0.39, 0.29) is 6.09 Å². The molecule has 0 bridgehead atoms. The summed E-state index contributed by atoms with van der Waals surface area (Å²) in [4.78, 5) is 24.8. The highest BCUT2D eigenvalue weighted by Gasteiger charge is 2.26. The Kier molecular flexibility index (Phi) is 4.88. The molecule has 6 heteroatoms. The summed E-state index contributed by atoms with van der Waals surface area (Å²) in [7, 11) is 0. The zero-order valence-electron chi connectivity index (χ0n) is 15.0. The van der Waals surface area contributed by atoms with Crippen LogP contribution in [0.15, 0.2) is 42.7 Å². The van der Waals surface area contributed by atoms with Gasteiger partial charge in [0.25, 0.3) is 0 Å². The van der Waals surface area contributed by atoms with E-state index >= 15 is 0 Å². The molecule has 132 valence electrons. The molecule has 1 aliphatic rings. The van der Waals surface area contributed by atoms with Crippen LogP contribution in [0.2, 0.25) is 0 Å². The lowest BCUT2D eigenvalue weighted by Gasteiger charge is -2.36. The van der Waals surface area contributed by atoms with Gasteiger partial charge < -0.3 is 14.5 Å². The highest BCUT2D eigenvalue weighted by atomic mass is 16.6. The molecule has 1 fully saturated rings. The van der Waals surface area contributed by atoms with Crippen molar-refractivity contribution in [1.82, 2.24) is 14.9 Å². The van der Waals surface area contributed by atoms with Crippen molar-refractivity contribution in [3.63, 3.8) is 0 Å². The quantitative estimate of drug-likeness (QED) is 0.840. The summed E-state index contributed by atoms with van der Waals surface area (Å²) in [5.41, 5.74) is 1.65. The summed E-state index contributed by atoms with van der Waals surface area (Å²) in [5.74, 6) is 0.719. The van der Waals surface area contributed by atoms with Crippen molar-refractivity contribution in [3.05, 3.63) is 42.7 Å².